The molecule has 0 aliphatic heterocycles. The van der Waals surface area contributed by atoms with E-state index < -0.39 is 0 Å². The van der Waals surface area contributed by atoms with Gasteiger partial charge in [-0.15, -0.1) is 0 Å². The van der Waals surface area contributed by atoms with Crippen LogP contribution in [0.1, 0.15) is 27.3 Å². The minimum atomic E-state index is -0.184. The first-order valence-electron chi connectivity index (χ1n) is 7.26. The molecule has 0 saturated carbocycles. The van der Waals surface area contributed by atoms with E-state index in [-0.39, 0.29) is 5.91 Å². The van der Waals surface area contributed by atoms with Gasteiger partial charge < -0.3 is 5.32 Å². The van der Waals surface area contributed by atoms with E-state index in [9.17, 15) is 4.79 Å². The third-order valence-electron chi connectivity index (χ3n) is 3.38. The lowest BCUT2D eigenvalue weighted by Gasteiger charge is -2.06. The van der Waals surface area contributed by atoms with E-state index in [4.69, 9.17) is 0 Å². The van der Waals surface area contributed by atoms with E-state index in [1.54, 1.807) is 23.1 Å². The first-order valence-corrected chi connectivity index (χ1v) is 7.26. The smallest absolute Gasteiger partial charge is 0.255 e. The fraction of sp³-hybridized carbons (Fsp3) is 0.176. The van der Waals surface area contributed by atoms with Crippen LogP contribution in [-0.2, 0) is 0 Å². The molecule has 3 rings (SSSR count). The summed E-state index contributed by atoms with van der Waals surface area (Å²) in [5, 5.41) is 7.12. The van der Waals surface area contributed by atoms with Crippen LogP contribution in [-0.4, -0.2) is 25.7 Å². The zero-order valence-corrected chi connectivity index (χ0v) is 13.2. The molecular formula is C17H17N5O. The van der Waals surface area contributed by atoms with Crippen molar-refractivity contribution >= 4 is 11.6 Å². The molecule has 0 aliphatic rings. The van der Waals surface area contributed by atoms with Crippen LogP contribution in [0.4, 0.5) is 5.69 Å². The van der Waals surface area contributed by atoms with Crippen LogP contribution < -0.4 is 5.32 Å². The molecule has 1 N–H and O–H groups in total. The Balaban J connectivity index is 1.77. The van der Waals surface area contributed by atoms with Crippen LogP contribution in [0.2, 0.25) is 0 Å². The van der Waals surface area contributed by atoms with Gasteiger partial charge in [0.15, 0.2) is 0 Å². The largest absolute Gasteiger partial charge is 0.319 e. The van der Waals surface area contributed by atoms with Crippen molar-refractivity contribution in [1.29, 1.82) is 0 Å². The highest BCUT2D eigenvalue weighted by Crippen LogP contribution is 2.11. The maximum Gasteiger partial charge on any atom is 0.255 e. The number of amides is 1. The molecule has 0 fully saturated rings. The van der Waals surface area contributed by atoms with Gasteiger partial charge in [0.2, 0.25) is 0 Å². The number of nitrogens with one attached hydrogen (secondary N) is 1. The number of carbonyl (C=O) groups excluding carboxylic acids is 1. The van der Waals surface area contributed by atoms with Crippen molar-refractivity contribution in [3.63, 3.8) is 0 Å². The average Bonchev–Trinajstić information content (AvgIpc) is 2.86. The fourth-order valence-corrected chi connectivity index (χ4v) is 2.32. The Morgan fingerprint density at radius 2 is 1.83 bits per heavy atom. The van der Waals surface area contributed by atoms with Crippen molar-refractivity contribution < 1.29 is 4.79 Å². The average molecular weight is 307 g/mol. The van der Waals surface area contributed by atoms with Crippen LogP contribution in [0.3, 0.4) is 0 Å². The maximum atomic E-state index is 12.2. The Hall–Kier alpha value is -3.02. The van der Waals surface area contributed by atoms with E-state index in [0.717, 1.165) is 17.0 Å². The Morgan fingerprint density at radius 3 is 2.43 bits per heavy atom. The Morgan fingerprint density at radius 1 is 1.09 bits per heavy atom. The first kappa shape index (κ1) is 14.9. The Kier molecular flexibility index (Phi) is 3.89. The molecule has 0 radical (unpaired) electrons. The van der Waals surface area contributed by atoms with Gasteiger partial charge in [0.1, 0.15) is 0 Å². The molecule has 23 heavy (non-hydrogen) atoms. The predicted octanol–water partition coefficient (Wildman–Crippen LogP) is 2.84. The zero-order chi connectivity index (χ0) is 16.4. The number of nitrogens with zero attached hydrogens (tertiary/aromatic N) is 4. The zero-order valence-electron chi connectivity index (χ0n) is 13.2. The molecule has 2 heterocycles. The summed E-state index contributed by atoms with van der Waals surface area (Å²) in [6.07, 6.45) is 3.15. The van der Waals surface area contributed by atoms with Gasteiger partial charge in [-0.3, -0.25) is 4.79 Å². The van der Waals surface area contributed by atoms with E-state index >= 15 is 0 Å². The molecule has 1 amide bonds. The third-order valence-corrected chi connectivity index (χ3v) is 3.38. The normalized spacial score (nSPS) is 10.6. The quantitative estimate of drug-likeness (QED) is 0.807. The van der Waals surface area contributed by atoms with Crippen molar-refractivity contribution in [2.75, 3.05) is 5.32 Å². The molecule has 0 atom stereocenters. The minimum absolute atomic E-state index is 0.184. The number of carbonyl (C=O) groups is 1. The standard InChI is InChI=1S/C17H17N5O/c1-11-5-4-6-14(7-11)16(23)20-15-9-18-17(19-10-15)22-13(3)8-12(2)21-22/h4-10H,1-3H3,(H,20,23). The number of benzene rings is 1. The maximum absolute atomic E-state index is 12.2. The fourth-order valence-electron chi connectivity index (χ4n) is 2.32. The molecule has 0 bridgehead atoms. The molecule has 0 aliphatic carbocycles. The number of anilines is 1. The number of rotatable bonds is 3. The lowest BCUT2D eigenvalue weighted by atomic mass is 10.1. The van der Waals surface area contributed by atoms with Crippen LogP contribution in [0.5, 0.6) is 0 Å². The topological polar surface area (TPSA) is 72.7 Å². The molecule has 0 saturated heterocycles. The van der Waals surface area contributed by atoms with E-state index in [1.807, 2.05) is 45.0 Å². The third kappa shape index (κ3) is 3.26. The lowest BCUT2D eigenvalue weighted by molar-refractivity contribution is 0.102. The van der Waals surface area contributed by atoms with Gasteiger partial charge in [-0.25, -0.2) is 14.6 Å². The van der Waals surface area contributed by atoms with Crippen LogP contribution >= 0.6 is 0 Å². The molecule has 116 valence electrons. The number of hydrogen-bond donors (Lipinski definition) is 1. The number of aromatic nitrogens is 4. The summed E-state index contributed by atoms with van der Waals surface area (Å²) in [4.78, 5) is 20.7. The van der Waals surface area contributed by atoms with Gasteiger partial charge in [-0.2, -0.15) is 5.10 Å². The highest BCUT2D eigenvalue weighted by atomic mass is 16.1. The van der Waals surface area contributed by atoms with Crippen molar-refractivity contribution in [3.05, 3.63) is 65.2 Å². The van der Waals surface area contributed by atoms with Gasteiger partial charge in [0.25, 0.3) is 11.9 Å². The van der Waals surface area contributed by atoms with E-state index in [2.05, 4.69) is 20.4 Å². The monoisotopic (exact) mass is 307 g/mol. The van der Waals surface area contributed by atoms with Crippen molar-refractivity contribution in [1.82, 2.24) is 19.7 Å². The first-order chi connectivity index (χ1) is 11.0. The predicted molar refractivity (Wildman–Crippen MR) is 87.8 cm³/mol. The number of hydrogen-bond acceptors (Lipinski definition) is 4. The summed E-state index contributed by atoms with van der Waals surface area (Å²) in [6, 6.07) is 9.36. The van der Waals surface area contributed by atoms with Crippen LogP contribution in [0.15, 0.2) is 42.7 Å². The van der Waals surface area contributed by atoms with Crippen molar-refractivity contribution in [2.45, 2.75) is 20.8 Å². The minimum Gasteiger partial charge on any atom is -0.319 e. The van der Waals surface area contributed by atoms with E-state index in [0.29, 0.717) is 17.2 Å². The van der Waals surface area contributed by atoms with Gasteiger partial charge in [0, 0.05) is 11.3 Å². The highest BCUT2D eigenvalue weighted by molar-refractivity contribution is 6.04. The SMILES string of the molecule is Cc1cccc(C(=O)Nc2cnc(-n3nc(C)cc3C)nc2)c1. The summed E-state index contributed by atoms with van der Waals surface area (Å²) in [6.45, 7) is 5.81. The second kappa shape index (κ2) is 6.00. The summed E-state index contributed by atoms with van der Waals surface area (Å²) in [7, 11) is 0. The molecule has 0 unspecified atom stereocenters. The highest BCUT2D eigenvalue weighted by Gasteiger charge is 2.09. The van der Waals surface area contributed by atoms with Crippen LogP contribution in [0, 0.1) is 20.8 Å². The van der Waals surface area contributed by atoms with Gasteiger partial charge in [-0.1, -0.05) is 17.7 Å². The molecule has 6 heteroatoms. The van der Waals surface area contributed by atoms with Gasteiger partial charge >= 0.3 is 0 Å². The van der Waals surface area contributed by atoms with Crippen LogP contribution in [0.25, 0.3) is 5.95 Å². The molecule has 2 aromatic heterocycles. The summed E-state index contributed by atoms with van der Waals surface area (Å²) in [5.74, 6) is 0.292. The molecule has 3 aromatic rings. The Labute approximate surface area is 134 Å². The molecule has 0 spiro atoms. The molecular weight excluding hydrogens is 290 g/mol. The van der Waals surface area contributed by atoms with Gasteiger partial charge in [-0.05, 0) is 39.0 Å². The lowest BCUT2D eigenvalue weighted by Crippen LogP contribution is -2.13. The summed E-state index contributed by atoms with van der Waals surface area (Å²) in [5.41, 5.74) is 4.05. The summed E-state index contributed by atoms with van der Waals surface area (Å²) >= 11 is 0. The molecule has 6 nitrogen and oxygen atoms in total. The number of aryl methyl sites for hydroxylation is 3. The second-order valence-corrected chi connectivity index (χ2v) is 5.43. The van der Waals surface area contributed by atoms with Crippen molar-refractivity contribution in [2.24, 2.45) is 0 Å². The second-order valence-electron chi connectivity index (χ2n) is 5.43. The summed E-state index contributed by atoms with van der Waals surface area (Å²) < 4.78 is 1.67. The van der Waals surface area contributed by atoms with Gasteiger partial charge in [0.05, 0.1) is 23.8 Å². The van der Waals surface area contributed by atoms with Crippen molar-refractivity contribution in [3.8, 4) is 5.95 Å². The van der Waals surface area contributed by atoms with E-state index in [1.165, 1.54) is 0 Å². The Bertz CT molecular complexity index is 852. The molecule has 1 aromatic carbocycles.